The van der Waals surface area contributed by atoms with E-state index in [0.29, 0.717) is 17.0 Å². The van der Waals surface area contributed by atoms with Gasteiger partial charge in [0, 0.05) is 17.2 Å². The molecule has 0 aromatic heterocycles. The molecule has 0 aliphatic rings. The van der Waals surface area contributed by atoms with Crippen LogP contribution in [0.3, 0.4) is 0 Å². The first-order valence-electron chi connectivity index (χ1n) is 8.73. The molecule has 0 aliphatic heterocycles. The quantitative estimate of drug-likeness (QED) is 0.169. The predicted octanol–water partition coefficient (Wildman–Crippen LogP) is 2.71. The second-order valence-electron chi connectivity index (χ2n) is 5.50. The molecule has 0 bridgehead atoms. The van der Waals surface area contributed by atoms with Gasteiger partial charge < -0.3 is 19.3 Å². The Kier molecular flexibility index (Phi) is 11.8. The lowest BCUT2D eigenvalue weighted by atomic mass is 10.2. The average Bonchev–Trinajstić information content (AvgIpc) is 2.69. The number of nitrogens with zero attached hydrogens (tertiary/aromatic N) is 3. The summed E-state index contributed by atoms with van der Waals surface area (Å²) < 4.78 is 5.34. The standard InChI is InChI=1S/C16H23N3O8S2/c1-3-17(4-2)9-10-25-16(20)14-7-5-6-8-15(14)29-28-12-13(27-19(23)24)11-26-18(21)22/h5-8,13H,3-4,9-12H2,1-2H3. The first-order chi connectivity index (χ1) is 13.9. The number of esters is 1. The van der Waals surface area contributed by atoms with E-state index >= 15 is 0 Å². The van der Waals surface area contributed by atoms with E-state index in [1.54, 1.807) is 24.3 Å². The van der Waals surface area contributed by atoms with Crippen molar-refractivity contribution in [3.8, 4) is 0 Å². The van der Waals surface area contributed by atoms with Gasteiger partial charge in [0.25, 0.3) is 10.2 Å². The second-order valence-corrected chi connectivity index (χ2v) is 7.88. The van der Waals surface area contributed by atoms with Crippen molar-refractivity contribution in [3.63, 3.8) is 0 Å². The predicted molar refractivity (Wildman–Crippen MR) is 108 cm³/mol. The molecule has 0 aliphatic carbocycles. The second kappa shape index (κ2) is 13.8. The molecule has 0 N–H and O–H groups in total. The fourth-order valence-corrected chi connectivity index (χ4v) is 4.50. The molecule has 1 aromatic rings. The summed E-state index contributed by atoms with van der Waals surface area (Å²) >= 11 is 0. The topological polar surface area (TPSA) is 134 Å². The van der Waals surface area contributed by atoms with Crippen LogP contribution in [0.15, 0.2) is 29.2 Å². The van der Waals surface area contributed by atoms with Gasteiger partial charge in [0.2, 0.25) is 0 Å². The third-order valence-corrected chi connectivity index (χ3v) is 6.11. The molecule has 1 aromatic carbocycles. The number of likely N-dealkylation sites (N-methyl/N-ethyl adjacent to an activating group) is 1. The third-order valence-electron chi connectivity index (χ3n) is 3.65. The van der Waals surface area contributed by atoms with Gasteiger partial charge in [-0.3, -0.25) is 0 Å². The number of hydrogen-bond donors (Lipinski definition) is 0. The van der Waals surface area contributed by atoms with Crippen LogP contribution in [-0.2, 0) is 14.4 Å². The highest BCUT2D eigenvalue weighted by Gasteiger charge is 2.18. The van der Waals surface area contributed by atoms with Crippen LogP contribution in [0, 0.1) is 20.2 Å². The molecule has 1 atom stereocenters. The van der Waals surface area contributed by atoms with Crippen molar-refractivity contribution in [3.05, 3.63) is 50.1 Å². The van der Waals surface area contributed by atoms with E-state index in [1.807, 2.05) is 13.8 Å². The van der Waals surface area contributed by atoms with Crippen LogP contribution in [0.5, 0.6) is 0 Å². The average molecular weight is 450 g/mol. The summed E-state index contributed by atoms with van der Waals surface area (Å²) in [4.78, 5) is 44.4. The zero-order valence-electron chi connectivity index (χ0n) is 16.1. The van der Waals surface area contributed by atoms with Crippen molar-refractivity contribution < 1.29 is 29.4 Å². The van der Waals surface area contributed by atoms with Gasteiger partial charge >= 0.3 is 5.97 Å². The van der Waals surface area contributed by atoms with Crippen molar-refractivity contribution in [1.82, 2.24) is 4.90 Å². The Balaban J connectivity index is 2.60. The van der Waals surface area contributed by atoms with Crippen molar-refractivity contribution in [1.29, 1.82) is 0 Å². The Bertz CT molecular complexity index is 675. The van der Waals surface area contributed by atoms with Crippen LogP contribution in [0.25, 0.3) is 0 Å². The molecule has 0 spiro atoms. The molecule has 11 nitrogen and oxygen atoms in total. The highest BCUT2D eigenvalue weighted by atomic mass is 33.1. The lowest BCUT2D eigenvalue weighted by Crippen LogP contribution is -2.28. The zero-order chi connectivity index (χ0) is 21.6. The van der Waals surface area contributed by atoms with Crippen LogP contribution in [-0.4, -0.2) is 65.7 Å². The van der Waals surface area contributed by atoms with E-state index < -0.39 is 28.9 Å². The maximum atomic E-state index is 12.4. The van der Waals surface area contributed by atoms with Crippen LogP contribution in [0.1, 0.15) is 24.2 Å². The lowest BCUT2D eigenvalue weighted by molar-refractivity contribution is -0.788. The molecular weight excluding hydrogens is 426 g/mol. The van der Waals surface area contributed by atoms with Gasteiger partial charge in [-0.15, -0.1) is 20.2 Å². The van der Waals surface area contributed by atoms with Gasteiger partial charge in [0.15, 0.2) is 0 Å². The molecule has 0 saturated carbocycles. The van der Waals surface area contributed by atoms with E-state index in [1.165, 1.54) is 10.8 Å². The molecule has 1 rings (SSSR count). The summed E-state index contributed by atoms with van der Waals surface area (Å²) in [6.07, 6.45) is -1.12. The first kappa shape index (κ1) is 24.8. The molecule has 1 unspecified atom stereocenters. The molecule has 0 heterocycles. The van der Waals surface area contributed by atoms with Gasteiger partial charge in [-0.1, -0.05) is 47.6 Å². The lowest BCUT2D eigenvalue weighted by Gasteiger charge is -2.17. The molecule has 162 valence electrons. The van der Waals surface area contributed by atoms with Crippen LogP contribution < -0.4 is 0 Å². The fraction of sp³-hybridized carbons (Fsp3) is 0.562. The Morgan fingerprint density at radius 1 is 1.17 bits per heavy atom. The summed E-state index contributed by atoms with van der Waals surface area (Å²) in [6.45, 7) is 6.12. The largest absolute Gasteiger partial charge is 0.461 e. The molecule has 0 radical (unpaired) electrons. The number of rotatable bonds is 15. The molecule has 29 heavy (non-hydrogen) atoms. The maximum absolute atomic E-state index is 12.4. The number of carbonyl (C=O) groups is 1. The van der Waals surface area contributed by atoms with Crippen LogP contribution in [0.2, 0.25) is 0 Å². The number of ether oxygens (including phenoxy) is 1. The smallest absolute Gasteiger partial charge is 0.339 e. The number of carbonyl (C=O) groups excluding carboxylic acids is 1. The zero-order valence-corrected chi connectivity index (χ0v) is 17.7. The van der Waals surface area contributed by atoms with Crippen molar-refractivity contribution in [2.24, 2.45) is 0 Å². The van der Waals surface area contributed by atoms with Crippen LogP contribution in [0.4, 0.5) is 0 Å². The molecule has 13 heteroatoms. The Labute approximate surface area is 175 Å². The van der Waals surface area contributed by atoms with Gasteiger partial charge in [0.1, 0.15) is 19.3 Å². The van der Waals surface area contributed by atoms with Gasteiger partial charge in [0.05, 0.1) is 5.56 Å². The monoisotopic (exact) mass is 449 g/mol. The number of hydrogen-bond acceptors (Lipinski definition) is 11. The summed E-state index contributed by atoms with van der Waals surface area (Å²) in [5, 5.41) is 18.7. The van der Waals surface area contributed by atoms with E-state index in [4.69, 9.17) is 4.74 Å². The van der Waals surface area contributed by atoms with Gasteiger partial charge in [-0.25, -0.2) is 4.79 Å². The molecule has 0 saturated heterocycles. The van der Waals surface area contributed by atoms with Crippen molar-refractivity contribution in [2.45, 2.75) is 24.8 Å². The summed E-state index contributed by atoms with van der Waals surface area (Å²) in [5.41, 5.74) is 0.373. The number of benzene rings is 1. The van der Waals surface area contributed by atoms with E-state index in [-0.39, 0.29) is 12.4 Å². The summed E-state index contributed by atoms with van der Waals surface area (Å²) in [6, 6.07) is 6.80. The molecule has 0 fully saturated rings. The third kappa shape index (κ3) is 10.2. The van der Waals surface area contributed by atoms with E-state index in [9.17, 15) is 25.0 Å². The maximum Gasteiger partial charge on any atom is 0.339 e. The van der Waals surface area contributed by atoms with Crippen molar-refractivity contribution >= 4 is 27.6 Å². The van der Waals surface area contributed by atoms with Crippen molar-refractivity contribution in [2.75, 3.05) is 38.6 Å². The molecular formula is C16H23N3O8S2. The Morgan fingerprint density at radius 2 is 1.86 bits per heavy atom. The van der Waals surface area contributed by atoms with E-state index in [0.717, 1.165) is 23.9 Å². The minimum atomic E-state index is -1.12. The SMILES string of the molecule is CCN(CC)CCOC(=O)c1ccccc1SSCC(CO[N+](=O)[O-])O[N+](=O)[O-]. The summed E-state index contributed by atoms with van der Waals surface area (Å²) in [5.74, 6) is -0.430. The fourth-order valence-electron chi connectivity index (χ4n) is 2.14. The highest BCUT2D eigenvalue weighted by molar-refractivity contribution is 8.76. The first-order valence-corrected chi connectivity index (χ1v) is 11.1. The highest BCUT2D eigenvalue weighted by Crippen LogP contribution is 2.34. The van der Waals surface area contributed by atoms with E-state index in [2.05, 4.69) is 14.6 Å². The Hall–Kier alpha value is -2.25. The van der Waals surface area contributed by atoms with Gasteiger partial charge in [-0.2, -0.15) is 0 Å². The summed E-state index contributed by atoms with van der Waals surface area (Å²) in [7, 11) is 2.34. The molecule has 0 amide bonds. The minimum Gasteiger partial charge on any atom is -0.461 e. The van der Waals surface area contributed by atoms with Crippen LogP contribution >= 0.6 is 21.6 Å². The minimum absolute atomic E-state index is 0.0326. The Morgan fingerprint density at radius 3 is 2.48 bits per heavy atom. The normalized spacial score (nSPS) is 11.7. The van der Waals surface area contributed by atoms with Gasteiger partial charge in [-0.05, 0) is 25.2 Å².